The number of amides is 2. The number of rotatable bonds is 4. The number of benzene rings is 2. The van der Waals surface area contributed by atoms with Crippen molar-refractivity contribution in [3.05, 3.63) is 59.1 Å². The number of hydrogen-bond acceptors (Lipinski definition) is 3. The normalized spacial score (nSPS) is 17.7. The van der Waals surface area contributed by atoms with E-state index in [1.807, 2.05) is 12.1 Å². The molecule has 1 aliphatic rings. The van der Waals surface area contributed by atoms with E-state index < -0.39 is 0 Å². The number of carbonyl (C=O) groups excluding carboxylic acids is 2. The quantitative estimate of drug-likeness (QED) is 0.807. The third-order valence-corrected chi connectivity index (χ3v) is 4.22. The van der Waals surface area contributed by atoms with Crippen molar-refractivity contribution in [2.75, 3.05) is 12.0 Å². The van der Waals surface area contributed by atoms with Gasteiger partial charge in [0.2, 0.25) is 11.8 Å². The topological polar surface area (TPSA) is 46.6 Å². The van der Waals surface area contributed by atoms with Gasteiger partial charge in [0, 0.05) is 11.4 Å². The summed E-state index contributed by atoms with van der Waals surface area (Å²) in [5.41, 5.74) is 1.58. The highest BCUT2D eigenvalue weighted by atomic mass is 35.5. The first kappa shape index (κ1) is 15.6. The highest BCUT2D eigenvalue weighted by molar-refractivity contribution is 6.30. The Balaban J connectivity index is 1.77. The molecular formula is C18H16ClNO3. The van der Waals surface area contributed by atoms with Gasteiger partial charge < -0.3 is 4.74 Å². The Morgan fingerprint density at radius 3 is 2.35 bits per heavy atom. The minimum atomic E-state index is -0.328. The van der Waals surface area contributed by atoms with Crippen LogP contribution in [0.3, 0.4) is 0 Å². The van der Waals surface area contributed by atoms with Gasteiger partial charge in [-0.25, -0.2) is 0 Å². The smallest absolute Gasteiger partial charge is 0.237 e. The average molecular weight is 330 g/mol. The first-order chi connectivity index (χ1) is 11.1. The molecule has 0 radical (unpaired) electrons. The Morgan fingerprint density at radius 1 is 1.09 bits per heavy atom. The Bertz CT molecular complexity index is 725. The van der Waals surface area contributed by atoms with Crippen LogP contribution in [0.2, 0.25) is 5.02 Å². The van der Waals surface area contributed by atoms with Crippen LogP contribution in [0.4, 0.5) is 5.69 Å². The van der Waals surface area contributed by atoms with Crippen molar-refractivity contribution < 1.29 is 14.3 Å². The molecule has 1 aliphatic heterocycles. The van der Waals surface area contributed by atoms with Crippen LogP contribution in [0.25, 0.3) is 0 Å². The van der Waals surface area contributed by atoms with E-state index in [2.05, 4.69) is 0 Å². The second kappa shape index (κ2) is 6.42. The summed E-state index contributed by atoms with van der Waals surface area (Å²) < 4.78 is 5.10. The van der Waals surface area contributed by atoms with E-state index in [9.17, 15) is 9.59 Å². The van der Waals surface area contributed by atoms with Gasteiger partial charge in [0.15, 0.2) is 0 Å². The molecule has 0 aromatic heterocycles. The molecule has 0 N–H and O–H groups in total. The van der Waals surface area contributed by atoms with E-state index in [-0.39, 0.29) is 24.2 Å². The zero-order valence-electron chi connectivity index (χ0n) is 12.7. The molecule has 4 nitrogen and oxygen atoms in total. The van der Waals surface area contributed by atoms with Crippen LogP contribution in [-0.2, 0) is 16.0 Å². The predicted octanol–water partition coefficient (Wildman–Crippen LogP) is 3.47. The van der Waals surface area contributed by atoms with Gasteiger partial charge in [-0.2, -0.15) is 0 Å². The number of imide groups is 1. The SMILES string of the molecule is COc1ccc(N2C(=O)CC(Cc3ccc(Cl)cc3)C2=O)cc1. The fourth-order valence-corrected chi connectivity index (χ4v) is 2.89. The van der Waals surface area contributed by atoms with Crippen LogP contribution in [0.1, 0.15) is 12.0 Å². The number of methoxy groups -OCH3 is 1. The molecule has 0 saturated carbocycles. The van der Waals surface area contributed by atoms with Crippen molar-refractivity contribution in [1.29, 1.82) is 0 Å². The third-order valence-electron chi connectivity index (χ3n) is 3.97. The summed E-state index contributed by atoms with van der Waals surface area (Å²) >= 11 is 5.87. The molecule has 2 aromatic carbocycles. The lowest BCUT2D eigenvalue weighted by molar-refractivity contribution is -0.122. The molecule has 1 saturated heterocycles. The van der Waals surface area contributed by atoms with Gasteiger partial charge in [0.1, 0.15) is 5.75 Å². The van der Waals surface area contributed by atoms with Crippen LogP contribution in [0, 0.1) is 5.92 Å². The molecule has 1 atom stereocenters. The molecule has 0 bridgehead atoms. The van der Waals surface area contributed by atoms with Crippen LogP contribution in [0.15, 0.2) is 48.5 Å². The van der Waals surface area contributed by atoms with Crippen molar-refractivity contribution in [3.63, 3.8) is 0 Å². The van der Waals surface area contributed by atoms with Crippen molar-refractivity contribution in [2.24, 2.45) is 5.92 Å². The molecule has 3 rings (SSSR count). The van der Waals surface area contributed by atoms with E-state index in [4.69, 9.17) is 16.3 Å². The maximum absolute atomic E-state index is 12.6. The fraction of sp³-hybridized carbons (Fsp3) is 0.222. The minimum Gasteiger partial charge on any atom is -0.497 e. The number of hydrogen-bond donors (Lipinski definition) is 0. The van der Waals surface area contributed by atoms with Gasteiger partial charge in [0.05, 0.1) is 18.7 Å². The molecule has 1 heterocycles. The highest BCUT2D eigenvalue weighted by Crippen LogP contribution is 2.30. The van der Waals surface area contributed by atoms with Crippen LogP contribution < -0.4 is 9.64 Å². The molecule has 118 valence electrons. The summed E-state index contributed by atoms with van der Waals surface area (Å²) in [5, 5.41) is 0.655. The summed E-state index contributed by atoms with van der Waals surface area (Å²) in [4.78, 5) is 26.1. The monoisotopic (exact) mass is 329 g/mol. The molecule has 1 fully saturated rings. The van der Waals surface area contributed by atoms with Crippen LogP contribution >= 0.6 is 11.6 Å². The number of anilines is 1. The molecule has 1 unspecified atom stereocenters. The molecule has 2 aromatic rings. The Kier molecular flexibility index (Phi) is 4.35. The standard InChI is InChI=1S/C18H16ClNO3/c1-23-16-8-6-15(7-9-16)20-17(21)11-13(18(20)22)10-12-2-4-14(19)5-3-12/h2-9,13H,10-11H2,1H3. The Labute approximate surface area is 139 Å². The van der Waals surface area contributed by atoms with Crippen LogP contribution in [-0.4, -0.2) is 18.9 Å². The summed E-state index contributed by atoms with van der Waals surface area (Å²) in [6.07, 6.45) is 0.766. The fourth-order valence-electron chi connectivity index (χ4n) is 2.76. The first-order valence-corrected chi connectivity index (χ1v) is 7.71. The van der Waals surface area contributed by atoms with E-state index in [1.54, 1.807) is 43.5 Å². The minimum absolute atomic E-state index is 0.157. The molecule has 5 heteroatoms. The first-order valence-electron chi connectivity index (χ1n) is 7.34. The van der Waals surface area contributed by atoms with Gasteiger partial charge in [0.25, 0.3) is 0 Å². The van der Waals surface area contributed by atoms with Gasteiger partial charge in [-0.3, -0.25) is 14.5 Å². The van der Waals surface area contributed by atoms with Crippen LogP contribution in [0.5, 0.6) is 5.75 Å². The summed E-state index contributed by atoms with van der Waals surface area (Å²) in [7, 11) is 1.57. The summed E-state index contributed by atoms with van der Waals surface area (Å²) in [6.45, 7) is 0. The molecule has 0 spiro atoms. The van der Waals surface area contributed by atoms with E-state index >= 15 is 0 Å². The average Bonchev–Trinajstić information content (AvgIpc) is 2.84. The highest BCUT2D eigenvalue weighted by Gasteiger charge is 2.39. The largest absolute Gasteiger partial charge is 0.497 e. The van der Waals surface area contributed by atoms with Crippen molar-refractivity contribution in [1.82, 2.24) is 0 Å². The van der Waals surface area contributed by atoms with Gasteiger partial charge in [-0.1, -0.05) is 23.7 Å². The maximum Gasteiger partial charge on any atom is 0.237 e. The molecule has 2 amide bonds. The number of carbonyl (C=O) groups is 2. The van der Waals surface area contributed by atoms with Gasteiger partial charge in [-0.15, -0.1) is 0 Å². The molecule has 0 aliphatic carbocycles. The van der Waals surface area contributed by atoms with Crippen molar-refractivity contribution in [3.8, 4) is 5.75 Å². The van der Waals surface area contributed by atoms with Crippen molar-refractivity contribution in [2.45, 2.75) is 12.8 Å². The Hall–Kier alpha value is -2.33. The molecular weight excluding hydrogens is 314 g/mol. The number of ether oxygens (including phenoxy) is 1. The zero-order chi connectivity index (χ0) is 16.4. The second-order valence-corrected chi connectivity index (χ2v) is 5.93. The zero-order valence-corrected chi connectivity index (χ0v) is 13.4. The van der Waals surface area contributed by atoms with E-state index in [0.717, 1.165) is 5.56 Å². The third kappa shape index (κ3) is 3.22. The lowest BCUT2D eigenvalue weighted by Crippen LogP contribution is -2.30. The van der Waals surface area contributed by atoms with E-state index in [0.29, 0.717) is 22.9 Å². The maximum atomic E-state index is 12.6. The number of halogens is 1. The second-order valence-electron chi connectivity index (χ2n) is 5.50. The Morgan fingerprint density at radius 2 is 1.74 bits per heavy atom. The summed E-state index contributed by atoms with van der Waals surface area (Å²) in [6, 6.07) is 14.3. The molecule has 23 heavy (non-hydrogen) atoms. The van der Waals surface area contributed by atoms with Gasteiger partial charge in [-0.05, 0) is 48.4 Å². The van der Waals surface area contributed by atoms with Gasteiger partial charge >= 0.3 is 0 Å². The lowest BCUT2D eigenvalue weighted by atomic mass is 9.98. The lowest BCUT2D eigenvalue weighted by Gasteiger charge is -2.15. The van der Waals surface area contributed by atoms with Crippen molar-refractivity contribution >= 4 is 29.1 Å². The predicted molar refractivity (Wildman–Crippen MR) is 88.8 cm³/mol. The van der Waals surface area contributed by atoms with E-state index in [1.165, 1.54) is 4.90 Å². The summed E-state index contributed by atoms with van der Waals surface area (Å²) in [5.74, 6) is 0.0329. The number of nitrogens with zero attached hydrogens (tertiary/aromatic N) is 1.